The summed E-state index contributed by atoms with van der Waals surface area (Å²) in [5.41, 5.74) is 4.93. The molecule has 2 rings (SSSR count). The Balaban J connectivity index is 0.00000185. The average Bonchev–Trinajstić information content (AvgIpc) is 2.57. The van der Waals surface area contributed by atoms with Gasteiger partial charge in [0.15, 0.2) is 0 Å². The van der Waals surface area contributed by atoms with E-state index in [9.17, 15) is 5.11 Å². The summed E-state index contributed by atoms with van der Waals surface area (Å²) in [4.78, 5) is 0. The molecule has 0 radical (unpaired) electrons. The molecule has 1 unspecified atom stereocenters. The van der Waals surface area contributed by atoms with E-state index in [1.165, 1.54) is 47.4 Å². The third-order valence-corrected chi connectivity index (χ3v) is 4.30. The van der Waals surface area contributed by atoms with E-state index in [-0.39, 0.29) is 37.0 Å². The molecule has 1 aromatic rings. The molecule has 136 valence electrons. The summed E-state index contributed by atoms with van der Waals surface area (Å²) < 4.78 is 0. The average molecular weight is 565 g/mol. The van der Waals surface area contributed by atoms with Crippen molar-refractivity contribution in [3.8, 4) is 0 Å². The normalized spacial score (nSPS) is 15.7. The van der Waals surface area contributed by atoms with E-state index in [1.54, 1.807) is 0 Å². The maximum Gasteiger partial charge on any atom is 2.00 e. The molecule has 1 aromatic carbocycles. The minimum Gasteiger partial charge on any atom is -0.516 e. The van der Waals surface area contributed by atoms with Crippen LogP contribution in [0.3, 0.4) is 0 Å². The molecular weight excluding hydrogens is 530 g/mol. The van der Waals surface area contributed by atoms with Crippen molar-refractivity contribution < 1.29 is 36.2 Å². The molecule has 0 bridgehead atoms. The Morgan fingerprint density at radius 3 is 2.40 bits per heavy atom. The maximum absolute atomic E-state index is 10.5. The van der Waals surface area contributed by atoms with Crippen LogP contribution in [0.15, 0.2) is 41.7 Å². The monoisotopic (exact) mass is 564 g/mol. The molecule has 0 amide bonds. The number of benzene rings is 1. The molecule has 0 saturated heterocycles. The summed E-state index contributed by atoms with van der Waals surface area (Å²) >= 11 is 0. The minimum atomic E-state index is -0.0141. The predicted octanol–water partition coefficient (Wildman–Crippen LogP) is 7.23. The fourth-order valence-electron chi connectivity index (χ4n) is 3.04. The van der Waals surface area contributed by atoms with Gasteiger partial charge in [-0.25, -0.2) is 12.5 Å². The van der Waals surface area contributed by atoms with Gasteiger partial charge in [0, 0.05) is 0 Å². The summed E-state index contributed by atoms with van der Waals surface area (Å²) in [6, 6.07) is 6.51. The van der Waals surface area contributed by atoms with Gasteiger partial charge in [0.2, 0.25) is 0 Å². The van der Waals surface area contributed by atoms with Crippen molar-refractivity contribution in [2.75, 3.05) is 0 Å². The topological polar surface area (TPSA) is 20.2 Å². The molecule has 0 aliphatic heterocycles. The summed E-state index contributed by atoms with van der Waals surface area (Å²) in [5, 5.41) is 10.5. The molecule has 1 nitrogen and oxygen atoms in total. The van der Waals surface area contributed by atoms with E-state index >= 15 is 0 Å². The van der Waals surface area contributed by atoms with Gasteiger partial charge in [0.1, 0.15) is 0 Å². The first kappa shape index (κ1) is 24.3. The quantitative estimate of drug-likeness (QED) is 0.286. The van der Waals surface area contributed by atoms with Crippen LogP contribution in [0, 0.1) is 50.4 Å². The Labute approximate surface area is 179 Å². The van der Waals surface area contributed by atoms with Gasteiger partial charge in [-0.3, -0.25) is 0 Å². The van der Waals surface area contributed by atoms with Crippen molar-refractivity contribution in [3.63, 3.8) is 0 Å². The molecule has 1 N–H and O–H groups in total. The first-order valence-electron chi connectivity index (χ1n) is 9.38. The van der Waals surface area contributed by atoms with Crippen LogP contribution in [-0.2, 0) is 0 Å². The molecule has 0 aromatic heterocycles. The number of aryl methyl sites for hydroxylation is 1. The Hall–Kier alpha value is -0.708. The first-order valence-corrected chi connectivity index (χ1v) is 9.38. The molecular formula is C23H34OU. The third kappa shape index (κ3) is 7.20. The number of rotatable bonds is 6. The minimum absolute atomic E-state index is 0. The summed E-state index contributed by atoms with van der Waals surface area (Å²) in [5.74, 6) is 1.75. The zero-order chi connectivity index (χ0) is 18.1. The fraction of sp³-hybridized carbons (Fsp3) is 0.478. The van der Waals surface area contributed by atoms with E-state index in [2.05, 4.69) is 58.4 Å². The molecule has 1 atom stereocenters. The van der Waals surface area contributed by atoms with E-state index in [4.69, 9.17) is 0 Å². The van der Waals surface area contributed by atoms with E-state index < -0.39 is 0 Å². The number of aliphatic hydroxyl groups is 1. The number of allylic oxidation sites excluding steroid dienone is 4. The van der Waals surface area contributed by atoms with Crippen molar-refractivity contribution in [1.82, 2.24) is 0 Å². The van der Waals surface area contributed by atoms with Gasteiger partial charge in [-0.15, -0.1) is 18.2 Å². The van der Waals surface area contributed by atoms with Crippen LogP contribution in [-0.4, -0.2) is 5.11 Å². The van der Waals surface area contributed by atoms with Gasteiger partial charge in [0.25, 0.3) is 0 Å². The van der Waals surface area contributed by atoms with Crippen LogP contribution in [0.5, 0.6) is 0 Å². The van der Waals surface area contributed by atoms with Crippen LogP contribution < -0.4 is 0 Å². The van der Waals surface area contributed by atoms with Crippen LogP contribution in [0.25, 0.3) is 0 Å². The number of unbranched alkanes of at least 4 members (excludes halogenated alkanes) is 2. The van der Waals surface area contributed by atoms with Crippen LogP contribution >= 0.6 is 0 Å². The number of hydrogen-bond acceptors (Lipinski definition) is 1. The van der Waals surface area contributed by atoms with Crippen LogP contribution in [0.1, 0.15) is 82.9 Å². The molecule has 0 spiro atoms. The zero-order valence-electron chi connectivity index (χ0n) is 16.8. The second-order valence-corrected chi connectivity index (χ2v) is 6.53. The van der Waals surface area contributed by atoms with Crippen molar-refractivity contribution in [1.29, 1.82) is 0 Å². The molecule has 1 aliphatic carbocycles. The summed E-state index contributed by atoms with van der Waals surface area (Å²) in [6.45, 7) is 12.6. The van der Waals surface area contributed by atoms with Gasteiger partial charge < -0.3 is 5.11 Å². The van der Waals surface area contributed by atoms with Gasteiger partial charge >= 0.3 is 31.1 Å². The number of aliphatic hydroxyl groups excluding tert-OH is 1. The Morgan fingerprint density at radius 2 is 1.84 bits per heavy atom. The summed E-state index contributed by atoms with van der Waals surface area (Å²) in [7, 11) is 0. The molecule has 2 heteroatoms. The maximum atomic E-state index is 10.5. The Morgan fingerprint density at radius 1 is 1.16 bits per heavy atom. The fourth-order valence-corrected chi connectivity index (χ4v) is 3.04. The van der Waals surface area contributed by atoms with Crippen LogP contribution in [0.2, 0.25) is 0 Å². The zero-order valence-corrected chi connectivity index (χ0v) is 21.0. The van der Waals surface area contributed by atoms with E-state index in [1.807, 2.05) is 19.9 Å². The second-order valence-electron chi connectivity index (χ2n) is 6.53. The smallest absolute Gasteiger partial charge is 0.516 e. The van der Waals surface area contributed by atoms with Crippen molar-refractivity contribution >= 4 is 0 Å². The number of hydrogen-bond donors (Lipinski definition) is 1. The van der Waals surface area contributed by atoms with Gasteiger partial charge in [0.05, 0.1) is 5.76 Å². The van der Waals surface area contributed by atoms with Gasteiger partial charge in [-0.1, -0.05) is 71.8 Å². The van der Waals surface area contributed by atoms with E-state index in [0.29, 0.717) is 5.76 Å². The molecule has 0 heterocycles. The van der Waals surface area contributed by atoms with Crippen molar-refractivity contribution in [2.45, 2.75) is 73.1 Å². The van der Waals surface area contributed by atoms with Crippen molar-refractivity contribution in [2.24, 2.45) is 0 Å². The van der Waals surface area contributed by atoms with E-state index in [0.717, 1.165) is 6.42 Å². The first-order chi connectivity index (χ1) is 11.5. The SMILES string of the molecule is CC.CCCCCC1=C[CH-]C(c2cc(C)ccc2[C-](C)C)C(O)=C1.[U+2]. The third-order valence-electron chi connectivity index (χ3n) is 4.30. The molecule has 0 saturated carbocycles. The molecule has 1 aliphatic rings. The predicted molar refractivity (Wildman–Crippen MR) is 106 cm³/mol. The second kappa shape index (κ2) is 12.6. The van der Waals surface area contributed by atoms with Crippen LogP contribution in [0.4, 0.5) is 0 Å². The molecule has 0 fully saturated rings. The summed E-state index contributed by atoms with van der Waals surface area (Å²) in [6.07, 6.45) is 11.0. The molecule has 25 heavy (non-hydrogen) atoms. The van der Waals surface area contributed by atoms with Gasteiger partial charge in [-0.05, 0) is 6.92 Å². The largest absolute Gasteiger partial charge is 2.00 e. The Bertz CT molecular complexity index is 569. The Kier molecular flexibility index (Phi) is 12.3. The van der Waals surface area contributed by atoms with Gasteiger partial charge in [-0.2, -0.15) is 28.7 Å². The van der Waals surface area contributed by atoms with Crippen molar-refractivity contribution in [3.05, 3.63) is 70.7 Å². The standard InChI is InChI=1S/C21H28O.C2H6.U/c1-5-6-7-8-17-10-12-19(21(22)14-17)20-13-16(4)9-11-18(20)15(2)3;1-2;/h9-14,19,22H,5-8H2,1-4H3;1-2H3;/q-2;;+2.